The lowest BCUT2D eigenvalue weighted by atomic mass is 9.78. The summed E-state index contributed by atoms with van der Waals surface area (Å²) in [5, 5.41) is 5.01. The molecule has 0 aromatic heterocycles. The zero-order chi connectivity index (χ0) is 33.9. The third-order valence-corrected chi connectivity index (χ3v) is 10.2. The minimum absolute atomic E-state index is 1.15. The van der Waals surface area contributed by atoms with Crippen molar-refractivity contribution in [2.75, 3.05) is 9.80 Å². The van der Waals surface area contributed by atoms with E-state index in [0.29, 0.717) is 0 Å². The average molecular weight is 643 g/mol. The van der Waals surface area contributed by atoms with Crippen LogP contribution in [0, 0.1) is 27.7 Å². The molecule has 8 aromatic rings. The molecular formula is C48H38N2. The van der Waals surface area contributed by atoms with Gasteiger partial charge in [0.05, 0.1) is 0 Å². The van der Waals surface area contributed by atoms with Crippen LogP contribution < -0.4 is 9.80 Å². The predicted octanol–water partition coefficient (Wildman–Crippen LogP) is 13.8. The fraction of sp³-hybridized carbons (Fsp3) is 0.0833. The van der Waals surface area contributed by atoms with Crippen LogP contribution in [-0.2, 0) is 0 Å². The molecule has 0 saturated heterocycles. The van der Waals surface area contributed by atoms with Gasteiger partial charge >= 0.3 is 0 Å². The lowest BCUT2D eigenvalue weighted by Gasteiger charge is -2.28. The first-order valence-corrected chi connectivity index (χ1v) is 17.4. The summed E-state index contributed by atoms with van der Waals surface area (Å²) in [7, 11) is 0. The van der Waals surface area contributed by atoms with Crippen molar-refractivity contribution in [3.8, 4) is 22.3 Å². The maximum atomic E-state index is 2.38. The van der Waals surface area contributed by atoms with Gasteiger partial charge in [-0.25, -0.2) is 0 Å². The fourth-order valence-corrected chi connectivity index (χ4v) is 7.35. The van der Waals surface area contributed by atoms with Crippen LogP contribution in [0.3, 0.4) is 0 Å². The van der Waals surface area contributed by atoms with E-state index >= 15 is 0 Å². The molecule has 0 bridgehead atoms. The lowest BCUT2D eigenvalue weighted by Crippen LogP contribution is -2.10. The van der Waals surface area contributed by atoms with E-state index in [0.717, 1.165) is 34.1 Å². The number of anilines is 6. The van der Waals surface area contributed by atoms with E-state index < -0.39 is 0 Å². The Labute approximate surface area is 294 Å². The van der Waals surface area contributed by atoms with Crippen molar-refractivity contribution in [1.29, 1.82) is 0 Å². The molecule has 0 spiro atoms. The van der Waals surface area contributed by atoms with Gasteiger partial charge in [-0.05, 0) is 169 Å². The smallest absolute Gasteiger partial charge is 0.0468 e. The molecule has 0 fully saturated rings. The van der Waals surface area contributed by atoms with Crippen molar-refractivity contribution in [3.63, 3.8) is 0 Å². The Morgan fingerprint density at radius 1 is 0.240 bits per heavy atom. The van der Waals surface area contributed by atoms with E-state index in [-0.39, 0.29) is 0 Å². The zero-order valence-corrected chi connectivity index (χ0v) is 28.9. The maximum absolute atomic E-state index is 2.38. The maximum Gasteiger partial charge on any atom is 0.0468 e. The van der Waals surface area contributed by atoms with E-state index in [2.05, 4.69) is 195 Å². The van der Waals surface area contributed by atoms with Gasteiger partial charge in [0, 0.05) is 34.1 Å². The van der Waals surface area contributed by atoms with Gasteiger partial charge in [-0.3, -0.25) is 0 Å². The standard InChI is InChI=1S/C48H38N2/c1-31-5-15-39(16-6-31)49(40-17-7-32(2)8-18-40)43-23-13-35-27-45-47(29-37(35)25-43)46-28-36-14-24-44(26-38(36)30-48(45)46)50(41-19-9-33(3)10-20-41)42-21-11-34(4)12-22-42/h5-30H,1-4H3. The predicted molar refractivity (Wildman–Crippen MR) is 214 cm³/mol. The number of rotatable bonds is 6. The highest BCUT2D eigenvalue weighted by Gasteiger charge is 2.25. The highest BCUT2D eigenvalue weighted by molar-refractivity contribution is 6.12. The number of nitrogens with zero attached hydrogens (tertiary/aromatic N) is 2. The van der Waals surface area contributed by atoms with Crippen molar-refractivity contribution in [2.24, 2.45) is 0 Å². The highest BCUT2D eigenvalue weighted by atomic mass is 15.1. The minimum atomic E-state index is 1.15. The molecule has 0 N–H and O–H groups in total. The minimum Gasteiger partial charge on any atom is -0.310 e. The number of aryl methyl sites for hydroxylation is 4. The number of hydrogen-bond acceptors (Lipinski definition) is 2. The van der Waals surface area contributed by atoms with Crippen LogP contribution in [0.5, 0.6) is 0 Å². The van der Waals surface area contributed by atoms with Crippen LogP contribution in [0.15, 0.2) is 158 Å². The molecule has 50 heavy (non-hydrogen) atoms. The van der Waals surface area contributed by atoms with E-state index in [9.17, 15) is 0 Å². The van der Waals surface area contributed by atoms with Crippen LogP contribution in [0.1, 0.15) is 22.3 Å². The Kier molecular flexibility index (Phi) is 7.07. The normalized spacial score (nSPS) is 11.6. The summed E-state index contributed by atoms with van der Waals surface area (Å²) in [6, 6.07) is 58.5. The van der Waals surface area contributed by atoms with E-state index in [4.69, 9.17) is 0 Å². The molecule has 1 aliphatic rings. The molecule has 240 valence electrons. The Balaban J connectivity index is 1.10. The number of fused-ring (bicyclic) bond motifs is 6. The van der Waals surface area contributed by atoms with Crippen LogP contribution in [0.2, 0.25) is 0 Å². The third kappa shape index (κ3) is 5.21. The molecule has 0 unspecified atom stereocenters. The van der Waals surface area contributed by atoms with E-state index in [1.807, 2.05) is 0 Å². The summed E-state index contributed by atoms with van der Waals surface area (Å²) in [4.78, 5) is 4.71. The van der Waals surface area contributed by atoms with Gasteiger partial charge in [0.1, 0.15) is 0 Å². The molecule has 0 heterocycles. The Bertz CT molecular complexity index is 2260. The van der Waals surface area contributed by atoms with Gasteiger partial charge in [0.15, 0.2) is 0 Å². The molecule has 8 aromatic carbocycles. The first-order chi connectivity index (χ1) is 24.4. The van der Waals surface area contributed by atoms with Crippen LogP contribution >= 0.6 is 0 Å². The topological polar surface area (TPSA) is 6.48 Å². The molecule has 2 heteroatoms. The second kappa shape index (κ2) is 11.8. The monoisotopic (exact) mass is 642 g/mol. The second-order valence-electron chi connectivity index (χ2n) is 13.9. The summed E-state index contributed by atoms with van der Waals surface area (Å²) in [5.74, 6) is 0. The fourth-order valence-electron chi connectivity index (χ4n) is 7.35. The van der Waals surface area contributed by atoms with Gasteiger partial charge in [-0.1, -0.05) is 82.9 Å². The van der Waals surface area contributed by atoms with Crippen molar-refractivity contribution in [3.05, 3.63) is 180 Å². The molecule has 9 rings (SSSR count). The Hall–Kier alpha value is -6.12. The molecule has 0 saturated carbocycles. The van der Waals surface area contributed by atoms with E-state index in [1.165, 1.54) is 66.1 Å². The molecule has 0 amide bonds. The third-order valence-electron chi connectivity index (χ3n) is 10.2. The lowest BCUT2D eigenvalue weighted by molar-refractivity contribution is 1.27. The SMILES string of the molecule is Cc1ccc(N(c2ccc(C)cc2)c2ccc3cc4c(cc3c2)-c2cc3ccc(N(c5ccc(C)cc5)c5ccc(C)cc5)cc3cc2-4)cc1. The molecule has 1 aliphatic carbocycles. The largest absolute Gasteiger partial charge is 0.310 e. The Morgan fingerprint density at radius 3 is 0.760 bits per heavy atom. The van der Waals surface area contributed by atoms with Crippen LogP contribution in [-0.4, -0.2) is 0 Å². The van der Waals surface area contributed by atoms with Crippen LogP contribution in [0.4, 0.5) is 34.1 Å². The molecule has 0 atom stereocenters. The molecular weight excluding hydrogens is 605 g/mol. The van der Waals surface area contributed by atoms with Crippen molar-refractivity contribution >= 4 is 55.7 Å². The van der Waals surface area contributed by atoms with E-state index in [1.54, 1.807) is 0 Å². The highest BCUT2D eigenvalue weighted by Crippen LogP contribution is 2.51. The summed E-state index contributed by atoms with van der Waals surface area (Å²) in [5.41, 5.74) is 17.3. The Morgan fingerprint density at radius 2 is 0.480 bits per heavy atom. The van der Waals surface area contributed by atoms with Gasteiger partial charge in [-0.2, -0.15) is 0 Å². The van der Waals surface area contributed by atoms with Gasteiger partial charge in [0.25, 0.3) is 0 Å². The number of hydrogen-bond donors (Lipinski definition) is 0. The first-order valence-electron chi connectivity index (χ1n) is 17.4. The summed E-state index contributed by atoms with van der Waals surface area (Å²) < 4.78 is 0. The van der Waals surface area contributed by atoms with Crippen molar-refractivity contribution in [2.45, 2.75) is 27.7 Å². The number of benzene rings is 8. The van der Waals surface area contributed by atoms with Crippen molar-refractivity contribution in [1.82, 2.24) is 0 Å². The summed E-state index contributed by atoms with van der Waals surface area (Å²) >= 11 is 0. The molecule has 0 radical (unpaired) electrons. The van der Waals surface area contributed by atoms with Gasteiger partial charge < -0.3 is 9.80 Å². The molecule has 2 nitrogen and oxygen atoms in total. The molecule has 0 aliphatic heterocycles. The quantitative estimate of drug-likeness (QED) is 0.178. The summed E-state index contributed by atoms with van der Waals surface area (Å²) in [6.45, 7) is 8.55. The van der Waals surface area contributed by atoms with Gasteiger partial charge in [0.2, 0.25) is 0 Å². The summed E-state index contributed by atoms with van der Waals surface area (Å²) in [6.07, 6.45) is 0. The van der Waals surface area contributed by atoms with Crippen molar-refractivity contribution < 1.29 is 0 Å². The zero-order valence-electron chi connectivity index (χ0n) is 28.9. The first kappa shape index (κ1) is 30.0. The van der Waals surface area contributed by atoms with Crippen LogP contribution in [0.25, 0.3) is 43.8 Å². The second-order valence-corrected chi connectivity index (χ2v) is 13.9. The van der Waals surface area contributed by atoms with Gasteiger partial charge in [-0.15, -0.1) is 0 Å². The average Bonchev–Trinajstić information content (AvgIpc) is 3.13.